The third kappa shape index (κ3) is 5.16. The lowest BCUT2D eigenvalue weighted by Gasteiger charge is -2.62. The molecule has 3 saturated carbocycles. The molecule has 5 rings (SSSR count). The molecule has 3 fully saturated rings. The highest BCUT2D eigenvalue weighted by molar-refractivity contribution is 6.30. The maximum atomic E-state index is 17.3. The lowest BCUT2D eigenvalue weighted by atomic mass is 9.45. The number of Topliss-reactive ketones (excluding diaryl/α,β-unsaturated/α-hetero) is 1. The molecule has 1 unspecified atom stereocenters. The van der Waals surface area contributed by atoms with E-state index in [1.54, 1.807) is 24.3 Å². The van der Waals surface area contributed by atoms with Crippen molar-refractivity contribution in [1.29, 1.82) is 0 Å². The predicted molar refractivity (Wildman–Crippen MR) is 155 cm³/mol. The topological polar surface area (TPSA) is 98.1 Å². The summed E-state index contributed by atoms with van der Waals surface area (Å²) in [6.45, 7) is 6.65. The Morgan fingerprint density at radius 1 is 1.15 bits per heavy atom. The van der Waals surface area contributed by atoms with Crippen LogP contribution in [-0.4, -0.2) is 58.1 Å². The number of benzene rings is 1. The molecule has 4 aliphatic rings. The molecule has 9 heteroatoms. The van der Waals surface area contributed by atoms with Crippen LogP contribution >= 0.6 is 11.6 Å². The van der Waals surface area contributed by atoms with Crippen LogP contribution in [-0.2, 0) is 9.59 Å². The number of rotatable bonds is 5. The standard InChI is InChI=1S/C28H32ClF2NO5.C2H6.C2H2/c1-26-12-24(36)28(31)20(11-22(30)21-10-18(34)7-8-27(21,28)2)19(26)9-15(25(26)23(35)14-33)13-32(37)17-5-3-16(29)4-6-17;2*1-2/h3-8,10,15,19-20,22,24-25,33,36-37H,9,11-14H2,1-2H3;1-2H3;1-2H/t15-,19?,20-,22-,24-,25+,26-,27-,28-;;/m0../s1. The number of nitrogens with zero attached hydrogens (tertiary/aromatic N) is 1. The first-order valence-electron chi connectivity index (χ1n) is 14.0. The molecule has 4 aliphatic carbocycles. The Kier molecular flexibility index (Phi) is 9.92. The minimum absolute atomic E-state index is 0.0299. The van der Waals surface area contributed by atoms with Crippen LogP contribution in [0.3, 0.4) is 0 Å². The van der Waals surface area contributed by atoms with Crippen molar-refractivity contribution < 1.29 is 33.8 Å². The van der Waals surface area contributed by atoms with Crippen molar-refractivity contribution in [3.05, 3.63) is 53.1 Å². The Hall–Kier alpha value is -2.57. The molecule has 9 atom stereocenters. The van der Waals surface area contributed by atoms with Crippen molar-refractivity contribution in [1.82, 2.24) is 0 Å². The van der Waals surface area contributed by atoms with Gasteiger partial charge in [0.05, 0.1) is 11.8 Å². The highest BCUT2D eigenvalue weighted by Crippen LogP contribution is 2.70. The highest BCUT2D eigenvalue weighted by atomic mass is 35.5. The third-order valence-electron chi connectivity index (χ3n) is 9.84. The van der Waals surface area contributed by atoms with Crippen molar-refractivity contribution in [2.75, 3.05) is 18.2 Å². The number of carbonyl (C=O) groups is 2. The van der Waals surface area contributed by atoms with Gasteiger partial charge in [0.15, 0.2) is 17.2 Å². The van der Waals surface area contributed by atoms with Crippen molar-refractivity contribution in [2.24, 2.45) is 34.5 Å². The van der Waals surface area contributed by atoms with Crippen LogP contribution in [0.5, 0.6) is 0 Å². The second kappa shape index (κ2) is 12.3. The van der Waals surface area contributed by atoms with Gasteiger partial charge in [0, 0.05) is 28.8 Å². The number of halogens is 3. The molecule has 6 nitrogen and oxygen atoms in total. The first kappa shape index (κ1) is 32.9. The van der Waals surface area contributed by atoms with Gasteiger partial charge in [-0.1, -0.05) is 38.4 Å². The number of hydrogen-bond donors (Lipinski definition) is 3. The molecule has 1 aromatic rings. The summed E-state index contributed by atoms with van der Waals surface area (Å²) in [7, 11) is 0. The summed E-state index contributed by atoms with van der Waals surface area (Å²) in [6, 6.07) is 6.51. The summed E-state index contributed by atoms with van der Waals surface area (Å²) in [6.07, 6.45) is 8.69. The van der Waals surface area contributed by atoms with Gasteiger partial charge >= 0.3 is 0 Å². The summed E-state index contributed by atoms with van der Waals surface area (Å²) in [4.78, 5) is 25.1. The zero-order valence-electron chi connectivity index (χ0n) is 23.9. The third-order valence-corrected chi connectivity index (χ3v) is 10.1. The van der Waals surface area contributed by atoms with E-state index in [0.29, 0.717) is 17.1 Å². The van der Waals surface area contributed by atoms with Crippen LogP contribution in [0.4, 0.5) is 14.5 Å². The van der Waals surface area contributed by atoms with Crippen LogP contribution in [0.2, 0.25) is 5.02 Å². The van der Waals surface area contributed by atoms with E-state index in [-0.39, 0.29) is 25.0 Å². The number of terminal acetylenes is 1. The van der Waals surface area contributed by atoms with E-state index in [1.165, 1.54) is 19.1 Å². The molecule has 0 saturated heterocycles. The monoisotopic (exact) mass is 591 g/mol. The fourth-order valence-corrected chi connectivity index (χ4v) is 8.36. The summed E-state index contributed by atoms with van der Waals surface area (Å²) >= 11 is 5.95. The zero-order valence-corrected chi connectivity index (χ0v) is 24.7. The average molecular weight is 592 g/mol. The minimum atomic E-state index is -2.25. The molecule has 0 aromatic heterocycles. The molecule has 224 valence electrons. The Morgan fingerprint density at radius 3 is 2.34 bits per heavy atom. The molecular formula is C32H40ClF2NO5. The normalized spacial score (nSPS) is 38.5. The van der Waals surface area contributed by atoms with Crippen molar-refractivity contribution in [3.8, 4) is 12.8 Å². The van der Waals surface area contributed by atoms with Gasteiger partial charge in [-0.25, -0.2) is 8.78 Å². The number of aliphatic hydroxyl groups is 2. The number of hydroxylamine groups is 1. The Morgan fingerprint density at radius 2 is 1.76 bits per heavy atom. The van der Waals surface area contributed by atoms with Gasteiger partial charge in [-0.15, -0.1) is 12.8 Å². The SMILES string of the molecule is C#C.CC.C[C@]12C[C@H](O)[C@@]3(F)[C@@H](C[C@H](F)C4=CC(=O)C=C[C@@]43C)C1C[C@@H](CN(O)c1ccc(Cl)cc1)[C@@H]2C(=O)CO. The van der Waals surface area contributed by atoms with Crippen molar-refractivity contribution in [3.63, 3.8) is 0 Å². The Bertz CT molecular complexity index is 1220. The van der Waals surface area contributed by atoms with Crippen LogP contribution in [0.1, 0.15) is 47.0 Å². The van der Waals surface area contributed by atoms with Crippen molar-refractivity contribution >= 4 is 28.9 Å². The highest BCUT2D eigenvalue weighted by Gasteiger charge is 2.73. The molecule has 0 heterocycles. The van der Waals surface area contributed by atoms with Crippen LogP contribution < -0.4 is 5.06 Å². The first-order valence-corrected chi connectivity index (χ1v) is 14.4. The van der Waals surface area contributed by atoms with Gasteiger partial charge in [0.25, 0.3) is 0 Å². The number of alkyl halides is 2. The van der Waals surface area contributed by atoms with Crippen LogP contribution in [0, 0.1) is 47.3 Å². The largest absolute Gasteiger partial charge is 0.390 e. The lowest BCUT2D eigenvalue weighted by molar-refractivity contribution is -0.202. The smallest absolute Gasteiger partial charge is 0.178 e. The number of fused-ring (bicyclic) bond motifs is 5. The fourth-order valence-electron chi connectivity index (χ4n) is 8.24. The van der Waals surface area contributed by atoms with Gasteiger partial charge in [-0.2, -0.15) is 0 Å². The molecule has 3 N–H and O–H groups in total. The zero-order chi connectivity index (χ0) is 30.9. The second-order valence-corrected chi connectivity index (χ2v) is 12.0. The predicted octanol–water partition coefficient (Wildman–Crippen LogP) is 5.53. The number of anilines is 1. The number of aliphatic hydroxyl groups excluding tert-OH is 2. The molecule has 0 bridgehead atoms. The summed E-state index contributed by atoms with van der Waals surface area (Å²) in [5.74, 6) is -3.52. The number of allylic oxidation sites excluding steroid dienone is 4. The summed E-state index contributed by atoms with van der Waals surface area (Å²) in [5.41, 5.74) is -4.18. The summed E-state index contributed by atoms with van der Waals surface area (Å²) in [5, 5.41) is 33.6. The van der Waals surface area contributed by atoms with E-state index in [2.05, 4.69) is 12.8 Å². The maximum absolute atomic E-state index is 17.3. The number of hydrogen-bond acceptors (Lipinski definition) is 6. The molecule has 0 spiro atoms. The minimum Gasteiger partial charge on any atom is -0.390 e. The van der Waals surface area contributed by atoms with E-state index >= 15 is 8.78 Å². The van der Waals surface area contributed by atoms with Gasteiger partial charge in [0.2, 0.25) is 0 Å². The van der Waals surface area contributed by atoms with Gasteiger partial charge in [-0.3, -0.25) is 19.9 Å². The Labute approximate surface area is 246 Å². The molecule has 0 radical (unpaired) electrons. The summed E-state index contributed by atoms with van der Waals surface area (Å²) < 4.78 is 32.9. The van der Waals surface area contributed by atoms with E-state index in [4.69, 9.17) is 11.6 Å². The van der Waals surface area contributed by atoms with E-state index < -0.39 is 70.6 Å². The van der Waals surface area contributed by atoms with E-state index in [0.717, 1.165) is 11.1 Å². The molecule has 0 aliphatic heterocycles. The second-order valence-electron chi connectivity index (χ2n) is 11.6. The molecule has 0 amide bonds. The maximum Gasteiger partial charge on any atom is 0.178 e. The number of carbonyl (C=O) groups excluding carboxylic acids is 2. The Balaban J connectivity index is 0.00000111. The van der Waals surface area contributed by atoms with Crippen molar-refractivity contribution in [2.45, 2.75) is 64.9 Å². The fraction of sp³-hybridized carbons (Fsp3) is 0.562. The molecular weight excluding hydrogens is 552 g/mol. The van der Waals surface area contributed by atoms with Gasteiger partial charge < -0.3 is 10.2 Å². The molecule has 41 heavy (non-hydrogen) atoms. The molecule has 1 aromatic carbocycles. The lowest BCUT2D eigenvalue weighted by Crippen LogP contribution is -2.68. The van der Waals surface area contributed by atoms with Gasteiger partial charge in [0.1, 0.15) is 12.8 Å². The van der Waals surface area contributed by atoms with Crippen LogP contribution in [0.15, 0.2) is 48.1 Å². The van der Waals surface area contributed by atoms with Gasteiger partial charge in [-0.05, 0) is 85.4 Å². The average Bonchev–Trinajstić information content (AvgIpc) is 3.24. The van der Waals surface area contributed by atoms with E-state index in [1.807, 2.05) is 20.8 Å². The quantitative estimate of drug-likeness (QED) is 0.308. The van der Waals surface area contributed by atoms with E-state index in [9.17, 15) is 25.0 Å². The van der Waals surface area contributed by atoms with Crippen LogP contribution in [0.25, 0.3) is 0 Å². The first-order chi connectivity index (χ1) is 19.4. The number of ketones is 2.